The summed E-state index contributed by atoms with van der Waals surface area (Å²) >= 11 is 5.69. The predicted octanol–water partition coefficient (Wildman–Crippen LogP) is 6.33. The van der Waals surface area contributed by atoms with Crippen LogP contribution in [0.1, 0.15) is 108 Å². The van der Waals surface area contributed by atoms with Crippen LogP contribution < -0.4 is 35.8 Å². The number of hydrogen-bond donors (Lipinski definition) is 7. The number of anilines is 3. The lowest BCUT2D eigenvalue weighted by molar-refractivity contribution is -0.141. The molecule has 0 spiro atoms. The number of rotatable bonds is 28. The van der Waals surface area contributed by atoms with Crippen LogP contribution >= 0.6 is 24.0 Å². The molecule has 8 atom stereocenters. The molecule has 5 aliphatic rings. The summed E-state index contributed by atoms with van der Waals surface area (Å²) in [4.78, 5) is 123. The van der Waals surface area contributed by atoms with Gasteiger partial charge in [0.25, 0.3) is 5.88 Å². The molecule has 0 bridgehead atoms. The Hall–Kier alpha value is -9.07. The number of carbonyl (C=O) groups excluding carboxylic acids is 8. The monoisotopic (exact) mass is 1450 g/mol. The lowest BCUT2D eigenvalue weighted by Gasteiger charge is -2.48. The number of piperazine rings is 1. The molecule has 103 heavy (non-hydrogen) atoms. The minimum absolute atomic E-state index is 0.00535. The normalized spacial score (nSPS) is 20.0. The number of aromatic hydroxyl groups is 1. The number of para-hydroxylation sites is 1. The average Bonchev–Trinajstić information content (AvgIpc) is 1.58. The van der Waals surface area contributed by atoms with Gasteiger partial charge in [-0.1, -0.05) is 76.2 Å². The lowest BCUT2D eigenvalue weighted by atomic mass is 9.91. The molecule has 3 aromatic heterocycles. The third kappa shape index (κ3) is 18.5. The number of piperidine rings is 1. The Morgan fingerprint density at radius 1 is 0.806 bits per heavy atom. The largest absolute Gasteiger partial charge is 0.507 e. The van der Waals surface area contributed by atoms with E-state index in [1.165, 1.54) is 16.7 Å². The summed E-state index contributed by atoms with van der Waals surface area (Å²) in [6.45, 7) is 18.8. The number of amides is 8. The van der Waals surface area contributed by atoms with Crippen molar-refractivity contribution in [1.29, 1.82) is 0 Å². The summed E-state index contributed by atoms with van der Waals surface area (Å²) in [7, 11) is 0. The molecule has 0 aliphatic carbocycles. The quantitative estimate of drug-likeness (QED) is 0.0160. The zero-order valence-electron chi connectivity index (χ0n) is 59.1. The molecular weight excluding hydrogens is 1360 g/mol. The van der Waals surface area contributed by atoms with Gasteiger partial charge in [-0.3, -0.25) is 53.2 Å². The van der Waals surface area contributed by atoms with Crippen LogP contribution in [-0.2, 0) is 49.6 Å². The summed E-state index contributed by atoms with van der Waals surface area (Å²) in [5, 5.41) is 45.5. The number of aliphatic hydroxyl groups is 1. The number of hydrogen-bond acceptors (Lipinski definition) is 23. The summed E-state index contributed by atoms with van der Waals surface area (Å²) < 4.78 is 23.4. The average molecular weight is 1450 g/mol. The van der Waals surface area contributed by atoms with Gasteiger partial charge in [-0.15, -0.1) is 21.5 Å². The predicted molar refractivity (Wildman–Crippen MR) is 387 cm³/mol. The van der Waals surface area contributed by atoms with Gasteiger partial charge >= 0.3 is 6.09 Å². The number of carbonyl (C=O) groups is 8. The van der Waals surface area contributed by atoms with E-state index in [0.717, 1.165) is 65.6 Å². The van der Waals surface area contributed by atoms with Gasteiger partial charge in [-0.2, -0.15) is 12.6 Å². The second-order valence-corrected chi connectivity index (χ2v) is 29.3. The van der Waals surface area contributed by atoms with Gasteiger partial charge in [0, 0.05) is 75.8 Å². The maximum Gasteiger partial charge on any atom is 0.415 e. The van der Waals surface area contributed by atoms with Crippen molar-refractivity contribution in [2.24, 2.45) is 17.8 Å². The third-order valence-corrected chi connectivity index (χ3v) is 21.1. The van der Waals surface area contributed by atoms with Crippen molar-refractivity contribution < 1.29 is 67.3 Å². The number of likely N-dealkylation sites (tertiary alicyclic amines) is 3. The molecule has 8 amide bonds. The van der Waals surface area contributed by atoms with Crippen molar-refractivity contribution in [1.82, 2.24) is 55.9 Å². The number of nitrogens with zero attached hydrogens (tertiary/aromatic N) is 10. The molecule has 0 saturated carbocycles. The van der Waals surface area contributed by atoms with Gasteiger partial charge in [0.2, 0.25) is 41.4 Å². The number of imide groups is 1. The first-order valence-corrected chi connectivity index (χ1v) is 36.7. The van der Waals surface area contributed by atoms with Crippen LogP contribution in [0.5, 0.6) is 11.6 Å². The van der Waals surface area contributed by atoms with Crippen LogP contribution in [0, 0.1) is 24.7 Å². The first-order valence-electron chi connectivity index (χ1n) is 35.3. The molecule has 0 radical (unpaired) electrons. The molecule has 5 aliphatic heterocycles. The first kappa shape index (κ1) is 75.1. The van der Waals surface area contributed by atoms with E-state index in [9.17, 15) is 48.6 Å². The number of aryl methyl sites for hydroxylation is 1. The number of phenols is 1. The van der Waals surface area contributed by atoms with E-state index >= 15 is 0 Å². The van der Waals surface area contributed by atoms with E-state index in [-0.39, 0.29) is 118 Å². The molecule has 6 aromatic rings. The number of thiol groups is 1. The summed E-state index contributed by atoms with van der Waals surface area (Å²) in [6.07, 6.45) is 0.540. The number of β-amino-alcohol motifs (C(OH)–C–C–N with tert-alkyl or cyclic N) is 1. The Kier molecular flexibility index (Phi) is 24.8. The minimum Gasteiger partial charge on any atom is -0.507 e. The summed E-state index contributed by atoms with van der Waals surface area (Å²) in [5.74, 6) is -2.79. The third-order valence-electron chi connectivity index (χ3n) is 19.7. The van der Waals surface area contributed by atoms with Crippen molar-refractivity contribution in [3.8, 4) is 33.3 Å². The first-order chi connectivity index (χ1) is 49.5. The Balaban J connectivity index is 0.628. The minimum atomic E-state index is -0.989. The molecule has 4 fully saturated rings. The van der Waals surface area contributed by atoms with Crippen LogP contribution in [0.4, 0.5) is 22.0 Å². The smallest absolute Gasteiger partial charge is 0.415 e. The van der Waals surface area contributed by atoms with Crippen molar-refractivity contribution in [2.45, 2.75) is 135 Å². The number of aliphatic hydroxyl groups excluding tert-OH is 1. The van der Waals surface area contributed by atoms with Crippen molar-refractivity contribution in [2.75, 3.05) is 100 Å². The second kappa shape index (κ2) is 34.0. The Morgan fingerprint density at radius 3 is 2.26 bits per heavy atom. The number of fused-ring (bicyclic) bond motifs is 3. The van der Waals surface area contributed by atoms with E-state index in [1.54, 1.807) is 73.7 Å². The number of aromatic nitrogens is 4. The molecule has 8 unspecified atom stereocenters. The molecule has 550 valence electrons. The molecule has 28 nitrogen and oxygen atoms in total. The fourth-order valence-corrected chi connectivity index (χ4v) is 15.0. The highest BCUT2D eigenvalue weighted by Gasteiger charge is 2.45. The molecule has 3 aromatic carbocycles. The molecular formula is C73H92N14O14S2. The fourth-order valence-electron chi connectivity index (χ4n) is 13.9. The highest BCUT2D eigenvalue weighted by atomic mass is 32.1. The molecule has 8 heterocycles. The van der Waals surface area contributed by atoms with Gasteiger partial charge < -0.3 is 60.0 Å². The molecule has 30 heteroatoms. The number of phenolic OH excluding ortho intramolecular Hbond substituents is 1. The van der Waals surface area contributed by atoms with Crippen molar-refractivity contribution in [3.63, 3.8) is 0 Å². The Bertz CT molecular complexity index is 4000. The van der Waals surface area contributed by atoms with E-state index < -0.39 is 59.2 Å². The SMILES string of the molecule is Cc1ncsc1-c1ccc(C(C)NC(=O)C2CC(O)CN2C(=O)C(c2cc(OCCN3CCC(CN4CCN5c6cc(-c7ccccc7O)nnc6N(C(=O)OCc6ccc(NC(=O)C(C)NC(=O)C(NC(=O)CCOCCN7C(=O)CC(S)C7=O)C(C)C)cc6)CC5C4)CC3)no2)C(C)C)cc1. The zero-order chi connectivity index (χ0) is 73.2. The summed E-state index contributed by atoms with van der Waals surface area (Å²) in [6, 6.07) is 21.9. The Morgan fingerprint density at radius 2 is 1.56 bits per heavy atom. The number of ether oxygens (including phenoxy) is 3. The van der Waals surface area contributed by atoms with Gasteiger partial charge in [-0.25, -0.2) is 9.78 Å². The summed E-state index contributed by atoms with van der Waals surface area (Å²) in [5.41, 5.74) is 7.46. The molecule has 11 rings (SSSR count). The molecule has 6 N–H and O–H groups in total. The topological polar surface area (TPSA) is 337 Å². The standard InChI is InChI=1S/C73H92N14O14S2/c1-42(2)64(72(96)86-39-53(88)32-57(86)69(93)75-44(5)49-14-16-50(17-15-49)66-45(6)74-41-103-66)59-34-62(81-101-59)99-31-27-82-23-20-47(21-24-82)36-83-25-26-84-52(37-83)38-87(67-56(84)33-55(79-80-67)54-10-8-9-11-58(54)89)73(97)100-40-48-12-18-51(19-13-48)77-68(92)46(7)76-70(94)65(43(3)4)78-61(90)22-29-98-30-28-85-63(91)35-60(102)71(85)95/h8-19,33-34,41-44,46-47,52-53,57,60,64-65,88-89,102H,20-32,35-40H2,1-7H3,(H,75,93)(H,76,94)(H,77,92)(H,78,90). The maximum atomic E-state index is 14.4. The van der Waals surface area contributed by atoms with Crippen molar-refractivity contribution >= 4 is 88.6 Å². The van der Waals surface area contributed by atoms with E-state index in [2.05, 4.69) is 68.9 Å². The van der Waals surface area contributed by atoms with Crippen LogP contribution in [-0.4, -0.2) is 218 Å². The Labute approximate surface area is 607 Å². The van der Waals surface area contributed by atoms with Gasteiger partial charge in [-0.05, 0) is 117 Å². The fraction of sp³-hybridized carbons (Fsp3) is 0.507. The van der Waals surface area contributed by atoms with Crippen molar-refractivity contribution in [3.05, 3.63) is 113 Å². The van der Waals surface area contributed by atoms with Crippen LogP contribution in [0.2, 0.25) is 0 Å². The molecule has 4 saturated heterocycles. The highest BCUT2D eigenvalue weighted by molar-refractivity contribution is 7.81. The zero-order valence-corrected chi connectivity index (χ0v) is 60.8. The van der Waals surface area contributed by atoms with Gasteiger partial charge in [0.15, 0.2) is 11.6 Å². The lowest BCUT2D eigenvalue weighted by Crippen LogP contribution is -2.61. The maximum absolute atomic E-state index is 14.4. The van der Waals surface area contributed by atoms with Crippen LogP contribution in [0.3, 0.4) is 0 Å². The van der Waals surface area contributed by atoms with E-state index in [4.69, 9.17) is 18.7 Å². The second-order valence-electron chi connectivity index (χ2n) is 27.8. The van der Waals surface area contributed by atoms with Crippen LogP contribution in [0.15, 0.2) is 95.0 Å². The van der Waals surface area contributed by atoms with Crippen LogP contribution in [0.25, 0.3) is 21.7 Å². The van der Waals surface area contributed by atoms with Gasteiger partial charge in [0.05, 0.1) is 77.2 Å². The number of thiazole rings is 1. The van der Waals surface area contributed by atoms with E-state index in [0.29, 0.717) is 71.9 Å². The van der Waals surface area contributed by atoms with Gasteiger partial charge in [0.1, 0.15) is 43.0 Å². The number of nitrogens with one attached hydrogen (secondary N) is 4. The number of benzene rings is 3. The van der Waals surface area contributed by atoms with E-state index in [1.807, 2.05) is 69.6 Å². The highest BCUT2D eigenvalue weighted by Crippen LogP contribution is 2.40.